The van der Waals surface area contributed by atoms with E-state index in [4.69, 9.17) is 16.0 Å². The number of anilines is 1. The summed E-state index contributed by atoms with van der Waals surface area (Å²) in [6.07, 6.45) is 2.78. The largest absolute Gasteiger partial charge is 0.463 e. The van der Waals surface area contributed by atoms with Gasteiger partial charge in [0.15, 0.2) is 11.5 Å². The number of hydrogen-bond donors (Lipinski definition) is 1. The van der Waals surface area contributed by atoms with Crippen molar-refractivity contribution in [3.63, 3.8) is 0 Å². The summed E-state index contributed by atoms with van der Waals surface area (Å²) in [7, 11) is 0. The number of piperidine rings is 1. The Morgan fingerprint density at radius 3 is 2.47 bits per heavy atom. The summed E-state index contributed by atoms with van der Waals surface area (Å²) in [6, 6.07) is 22.0. The molecule has 3 heterocycles. The zero-order chi connectivity index (χ0) is 23.5. The third-order valence-electron chi connectivity index (χ3n) is 5.95. The van der Waals surface area contributed by atoms with Crippen molar-refractivity contribution in [1.82, 2.24) is 14.7 Å². The first-order valence-electron chi connectivity index (χ1n) is 11.1. The number of rotatable bonds is 5. The number of carbonyl (C=O) groups excluding carboxylic acids is 2. The number of likely N-dealkylation sites (tertiary alicyclic amines) is 1. The van der Waals surface area contributed by atoms with Gasteiger partial charge >= 0.3 is 0 Å². The molecule has 1 fully saturated rings. The minimum Gasteiger partial charge on any atom is -0.463 e. The van der Waals surface area contributed by atoms with Gasteiger partial charge in [-0.15, -0.1) is 0 Å². The van der Waals surface area contributed by atoms with Crippen LogP contribution in [0.15, 0.2) is 83.5 Å². The van der Waals surface area contributed by atoms with Crippen LogP contribution in [0.25, 0.3) is 17.1 Å². The summed E-state index contributed by atoms with van der Waals surface area (Å²) in [6.45, 7) is 0.984. The number of para-hydroxylation sites is 1. The minimum absolute atomic E-state index is 0.0105. The molecule has 0 atom stereocenters. The zero-order valence-electron chi connectivity index (χ0n) is 18.4. The van der Waals surface area contributed by atoms with Crippen molar-refractivity contribution in [3.8, 4) is 17.1 Å². The van der Waals surface area contributed by atoms with E-state index in [2.05, 4.69) is 10.4 Å². The third-order valence-corrected chi connectivity index (χ3v) is 6.18. The number of halogens is 1. The fourth-order valence-electron chi connectivity index (χ4n) is 4.16. The number of nitrogens with one attached hydrogen (secondary N) is 1. The number of benzene rings is 2. The fraction of sp³-hybridized carbons (Fsp3) is 0.192. The maximum atomic E-state index is 13.3. The van der Waals surface area contributed by atoms with Crippen LogP contribution in [0, 0.1) is 5.92 Å². The minimum atomic E-state index is -0.171. The summed E-state index contributed by atoms with van der Waals surface area (Å²) < 4.78 is 7.24. The van der Waals surface area contributed by atoms with Crippen LogP contribution >= 0.6 is 11.6 Å². The molecule has 1 aliphatic heterocycles. The van der Waals surface area contributed by atoms with E-state index in [1.54, 1.807) is 40.1 Å². The lowest BCUT2D eigenvalue weighted by Gasteiger charge is -2.30. The highest BCUT2D eigenvalue weighted by atomic mass is 35.5. The van der Waals surface area contributed by atoms with Crippen LogP contribution in [0.3, 0.4) is 0 Å². The van der Waals surface area contributed by atoms with Gasteiger partial charge in [-0.3, -0.25) is 9.59 Å². The fourth-order valence-corrected chi connectivity index (χ4v) is 4.35. The lowest BCUT2D eigenvalue weighted by atomic mass is 9.95. The first-order valence-corrected chi connectivity index (χ1v) is 11.5. The highest BCUT2D eigenvalue weighted by Gasteiger charge is 2.29. The van der Waals surface area contributed by atoms with Crippen LogP contribution in [0.1, 0.15) is 23.3 Å². The maximum absolute atomic E-state index is 13.3. The van der Waals surface area contributed by atoms with E-state index in [-0.39, 0.29) is 17.7 Å². The molecule has 7 nitrogen and oxygen atoms in total. The van der Waals surface area contributed by atoms with Crippen LogP contribution in [-0.2, 0) is 4.79 Å². The summed E-state index contributed by atoms with van der Waals surface area (Å²) in [5, 5.41) is 8.12. The molecule has 8 heteroatoms. The van der Waals surface area contributed by atoms with Gasteiger partial charge in [-0.05, 0) is 55.3 Å². The van der Waals surface area contributed by atoms with Crippen molar-refractivity contribution < 1.29 is 14.0 Å². The first kappa shape index (κ1) is 22.0. The monoisotopic (exact) mass is 474 g/mol. The predicted octanol–water partition coefficient (Wildman–Crippen LogP) is 5.28. The highest BCUT2D eigenvalue weighted by molar-refractivity contribution is 6.30. The lowest BCUT2D eigenvalue weighted by Crippen LogP contribution is -2.41. The predicted molar refractivity (Wildman–Crippen MR) is 130 cm³/mol. The molecule has 1 N–H and O–H groups in total. The van der Waals surface area contributed by atoms with Gasteiger partial charge < -0.3 is 14.6 Å². The summed E-state index contributed by atoms with van der Waals surface area (Å²) in [5.41, 5.74) is 2.49. The van der Waals surface area contributed by atoms with E-state index in [1.807, 2.05) is 48.5 Å². The molecule has 2 aromatic carbocycles. The summed E-state index contributed by atoms with van der Waals surface area (Å²) >= 11 is 6.18. The Balaban J connectivity index is 1.31. The Morgan fingerprint density at radius 2 is 1.76 bits per heavy atom. The van der Waals surface area contributed by atoms with Crippen LogP contribution in [0.4, 0.5) is 5.69 Å². The molecule has 0 saturated carbocycles. The van der Waals surface area contributed by atoms with Crippen LogP contribution in [0.2, 0.25) is 5.02 Å². The Hall–Kier alpha value is -3.84. The average Bonchev–Trinajstić information content (AvgIpc) is 3.55. The van der Waals surface area contributed by atoms with E-state index < -0.39 is 0 Å². The van der Waals surface area contributed by atoms with Crippen molar-refractivity contribution >= 4 is 29.1 Å². The smallest absolute Gasteiger partial charge is 0.274 e. The SMILES string of the molecule is O=C(Nc1ccccc1)C1CCN(C(=O)c2cc(-c3ccco3)n(-c3cccc(Cl)c3)n2)CC1. The molecule has 0 unspecified atom stereocenters. The average molecular weight is 475 g/mol. The zero-order valence-corrected chi connectivity index (χ0v) is 19.1. The number of amides is 2. The van der Waals surface area contributed by atoms with E-state index in [9.17, 15) is 9.59 Å². The summed E-state index contributed by atoms with van der Waals surface area (Å²) in [4.78, 5) is 27.7. The van der Waals surface area contributed by atoms with Crippen molar-refractivity contribution in [1.29, 1.82) is 0 Å². The molecular formula is C26H23ClN4O3. The number of furan rings is 1. The molecule has 0 bridgehead atoms. The molecule has 4 aromatic rings. The van der Waals surface area contributed by atoms with Crippen LogP contribution in [-0.4, -0.2) is 39.6 Å². The van der Waals surface area contributed by atoms with Gasteiger partial charge in [-0.25, -0.2) is 4.68 Å². The standard InChI is InChI=1S/C26H23ClN4O3/c27-19-6-4-9-21(16-19)31-23(24-10-5-15-34-24)17-22(29-31)26(33)30-13-11-18(12-14-30)25(32)28-20-7-2-1-3-8-20/h1-10,15-18H,11-14H2,(H,28,32). The van der Waals surface area contributed by atoms with Gasteiger partial charge in [0.1, 0.15) is 5.69 Å². The van der Waals surface area contributed by atoms with E-state index in [1.165, 1.54) is 0 Å². The van der Waals surface area contributed by atoms with Gasteiger partial charge in [0.05, 0.1) is 12.0 Å². The van der Waals surface area contributed by atoms with Crippen molar-refractivity contribution in [2.24, 2.45) is 5.92 Å². The van der Waals surface area contributed by atoms with Gasteiger partial charge in [-0.2, -0.15) is 5.10 Å². The quantitative estimate of drug-likeness (QED) is 0.427. The molecule has 172 valence electrons. The molecule has 0 spiro atoms. The molecule has 1 aliphatic rings. The number of nitrogens with zero attached hydrogens (tertiary/aromatic N) is 3. The third kappa shape index (κ3) is 4.61. The molecule has 0 radical (unpaired) electrons. The Labute approximate surface area is 201 Å². The summed E-state index contributed by atoms with van der Waals surface area (Å²) in [5.74, 6) is 0.286. The molecule has 5 rings (SSSR count). The molecule has 1 saturated heterocycles. The van der Waals surface area contributed by atoms with Gasteiger partial charge in [0.2, 0.25) is 5.91 Å². The van der Waals surface area contributed by atoms with E-state index in [0.717, 1.165) is 11.4 Å². The molecule has 0 aliphatic carbocycles. The van der Waals surface area contributed by atoms with Crippen molar-refractivity contribution in [3.05, 3.63) is 89.8 Å². The number of hydrogen-bond acceptors (Lipinski definition) is 4. The Bertz CT molecular complexity index is 1290. The molecule has 34 heavy (non-hydrogen) atoms. The molecule has 2 amide bonds. The van der Waals surface area contributed by atoms with Crippen LogP contribution in [0.5, 0.6) is 0 Å². The first-order chi connectivity index (χ1) is 16.6. The lowest BCUT2D eigenvalue weighted by molar-refractivity contribution is -0.121. The molecular weight excluding hydrogens is 452 g/mol. The Morgan fingerprint density at radius 1 is 0.971 bits per heavy atom. The molecule has 2 aromatic heterocycles. The maximum Gasteiger partial charge on any atom is 0.274 e. The van der Waals surface area contributed by atoms with Gasteiger partial charge in [-0.1, -0.05) is 35.9 Å². The van der Waals surface area contributed by atoms with Gasteiger partial charge in [0.25, 0.3) is 5.91 Å². The second-order valence-electron chi connectivity index (χ2n) is 8.21. The van der Waals surface area contributed by atoms with E-state index >= 15 is 0 Å². The second kappa shape index (κ2) is 9.57. The van der Waals surface area contributed by atoms with Gasteiger partial charge in [0, 0.05) is 35.8 Å². The van der Waals surface area contributed by atoms with Crippen molar-refractivity contribution in [2.75, 3.05) is 18.4 Å². The topological polar surface area (TPSA) is 80.4 Å². The number of aromatic nitrogens is 2. The van der Waals surface area contributed by atoms with Crippen LogP contribution < -0.4 is 5.32 Å². The normalized spacial score (nSPS) is 14.2. The van der Waals surface area contributed by atoms with E-state index in [0.29, 0.717) is 48.1 Å². The Kier molecular flexibility index (Phi) is 6.18. The number of carbonyl (C=O) groups is 2. The highest BCUT2D eigenvalue weighted by Crippen LogP contribution is 2.27. The van der Waals surface area contributed by atoms with Crippen molar-refractivity contribution in [2.45, 2.75) is 12.8 Å². The second-order valence-corrected chi connectivity index (χ2v) is 8.64.